The highest BCUT2D eigenvalue weighted by Gasteiger charge is 2.18. The molecule has 6 rings (SSSR count). The van der Waals surface area contributed by atoms with Gasteiger partial charge in [0.1, 0.15) is 29.4 Å². The second-order valence-corrected chi connectivity index (χ2v) is 9.06. The second kappa shape index (κ2) is 9.10. The number of likely N-dealkylation sites (N-methyl/N-ethyl adjacent to an activating group) is 1. The number of hydrogen-bond acceptors (Lipinski definition) is 7. The summed E-state index contributed by atoms with van der Waals surface area (Å²) in [4.78, 5) is 19.2. The molecule has 0 bridgehead atoms. The van der Waals surface area contributed by atoms with Crippen LogP contribution in [0.15, 0.2) is 55.1 Å². The number of nitrogens with zero attached hydrogens (tertiary/aromatic N) is 7. The number of halogens is 1. The van der Waals surface area contributed by atoms with E-state index < -0.39 is 5.82 Å². The van der Waals surface area contributed by atoms with Gasteiger partial charge < -0.3 is 14.6 Å². The maximum absolute atomic E-state index is 14.5. The van der Waals surface area contributed by atoms with Gasteiger partial charge in [0.25, 0.3) is 0 Å². The van der Waals surface area contributed by atoms with Gasteiger partial charge in [-0.3, -0.25) is 19.7 Å². The summed E-state index contributed by atoms with van der Waals surface area (Å²) in [6.07, 6.45) is 7.09. The molecule has 6 aromatic rings. The lowest BCUT2D eigenvalue weighted by Crippen LogP contribution is -2.19. The largest absolute Gasteiger partial charge is 0.492 e. The lowest BCUT2D eigenvalue weighted by atomic mass is 10.1. The van der Waals surface area contributed by atoms with Crippen LogP contribution in [0.25, 0.3) is 56.0 Å². The summed E-state index contributed by atoms with van der Waals surface area (Å²) < 4.78 is 22.0. The van der Waals surface area contributed by atoms with Crippen LogP contribution in [-0.4, -0.2) is 72.1 Å². The highest BCUT2D eigenvalue weighted by atomic mass is 19.1. The first-order valence-electron chi connectivity index (χ1n) is 11.7. The molecular formula is C26H24FN9O. The van der Waals surface area contributed by atoms with Gasteiger partial charge in [-0.15, -0.1) is 0 Å². The second-order valence-electron chi connectivity index (χ2n) is 9.06. The number of hydrogen-bond donors (Lipinski definition) is 2. The standard InChI is InChI=1S/C26H24FN9O/c1-35(2)6-7-37-18-9-15(8-17(27)10-18)23-25-20(4-5-28-23)31-26(32-25)24-19-11-21(16-12-30-36(3)14-16)29-13-22(19)33-34-24/h4-5,8-14H,6-7H2,1-3H3,(H,31,32)(H,33,34). The molecule has 2 N–H and O–H groups in total. The van der Waals surface area contributed by atoms with E-state index in [4.69, 9.17) is 9.72 Å². The molecule has 0 aliphatic carbocycles. The van der Waals surface area contributed by atoms with Crippen molar-refractivity contribution in [2.45, 2.75) is 0 Å². The van der Waals surface area contributed by atoms with Crippen molar-refractivity contribution in [1.82, 2.24) is 44.8 Å². The van der Waals surface area contributed by atoms with Crippen molar-refractivity contribution in [2.75, 3.05) is 27.2 Å². The Kier molecular flexibility index (Phi) is 5.61. The van der Waals surface area contributed by atoms with Crippen LogP contribution in [0.1, 0.15) is 0 Å². The van der Waals surface area contributed by atoms with Crippen LogP contribution in [0.5, 0.6) is 5.75 Å². The smallest absolute Gasteiger partial charge is 0.159 e. The molecule has 1 aromatic carbocycles. The maximum Gasteiger partial charge on any atom is 0.159 e. The number of H-pyrrole nitrogens is 2. The predicted octanol–water partition coefficient (Wildman–Crippen LogP) is 4.04. The van der Waals surface area contributed by atoms with E-state index in [0.717, 1.165) is 34.2 Å². The van der Waals surface area contributed by atoms with Crippen molar-refractivity contribution >= 4 is 21.9 Å². The molecule has 5 heterocycles. The van der Waals surface area contributed by atoms with E-state index in [9.17, 15) is 4.39 Å². The molecule has 0 saturated heterocycles. The number of fused-ring (bicyclic) bond motifs is 2. The molecule has 0 aliphatic heterocycles. The zero-order chi connectivity index (χ0) is 25.5. The molecule has 0 unspecified atom stereocenters. The highest BCUT2D eigenvalue weighted by Crippen LogP contribution is 2.33. The van der Waals surface area contributed by atoms with E-state index in [0.29, 0.717) is 40.6 Å². The quantitative estimate of drug-likeness (QED) is 0.342. The van der Waals surface area contributed by atoms with Crippen molar-refractivity contribution in [2.24, 2.45) is 7.05 Å². The number of benzene rings is 1. The Balaban J connectivity index is 1.40. The molecule has 0 amide bonds. The molecule has 0 spiro atoms. The maximum atomic E-state index is 14.5. The zero-order valence-electron chi connectivity index (χ0n) is 20.5. The Bertz CT molecular complexity index is 1730. The van der Waals surface area contributed by atoms with Gasteiger partial charge in [-0.1, -0.05) is 0 Å². The first-order chi connectivity index (χ1) is 17.9. The molecule has 10 nitrogen and oxygen atoms in total. The fourth-order valence-corrected chi connectivity index (χ4v) is 4.20. The van der Waals surface area contributed by atoms with Crippen LogP contribution in [0, 0.1) is 5.82 Å². The third-order valence-corrected chi connectivity index (χ3v) is 6.03. The van der Waals surface area contributed by atoms with Gasteiger partial charge in [0.2, 0.25) is 0 Å². The number of ether oxygens (including phenoxy) is 1. The first kappa shape index (κ1) is 22.8. The summed E-state index contributed by atoms with van der Waals surface area (Å²) in [7, 11) is 5.78. The topological polar surface area (TPSA) is 113 Å². The van der Waals surface area contributed by atoms with Gasteiger partial charge in [0.15, 0.2) is 5.82 Å². The van der Waals surface area contributed by atoms with Crippen LogP contribution in [0.3, 0.4) is 0 Å². The van der Waals surface area contributed by atoms with E-state index in [1.165, 1.54) is 12.1 Å². The number of aryl methyl sites for hydroxylation is 1. The Labute approximate surface area is 211 Å². The van der Waals surface area contributed by atoms with Crippen LogP contribution in [0.2, 0.25) is 0 Å². The Morgan fingerprint density at radius 1 is 1.03 bits per heavy atom. The van der Waals surface area contributed by atoms with Crippen LogP contribution < -0.4 is 4.74 Å². The summed E-state index contributed by atoms with van der Waals surface area (Å²) in [5.41, 5.74) is 5.62. The third kappa shape index (κ3) is 4.40. The number of rotatable bonds is 7. The highest BCUT2D eigenvalue weighted by molar-refractivity contribution is 5.96. The number of pyridine rings is 2. The lowest BCUT2D eigenvalue weighted by Gasteiger charge is -2.12. The summed E-state index contributed by atoms with van der Waals surface area (Å²) in [5.74, 6) is 0.610. The molecule has 0 saturated carbocycles. The lowest BCUT2D eigenvalue weighted by molar-refractivity contribution is 0.260. The molecule has 0 fully saturated rings. The van der Waals surface area contributed by atoms with Gasteiger partial charge >= 0.3 is 0 Å². The van der Waals surface area contributed by atoms with E-state index >= 15 is 0 Å². The average molecular weight is 498 g/mol. The normalized spacial score (nSPS) is 11.7. The summed E-state index contributed by atoms with van der Waals surface area (Å²) in [6, 6.07) is 8.39. The molecule has 37 heavy (non-hydrogen) atoms. The van der Waals surface area contributed by atoms with E-state index in [1.807, 2.05) is 44.4 Å². The zero-order valence-corrected chi connectivity index (χ0v) is 20.5. The van der Waals surface area contributed by atoms with E-state index in [2.05, 4.69) is 30.2 Å². The number of imidazole rings is 1. The minimum Gasteiger partial charge on any atom is -0.492 e. The van der Waals surface area contributed by atoms with Gasteiger partial charge in [-0.25, -0.2) is 9.37 Å². The van der Waals surface area contributed by atoms with Gasteiger partial charge in [0.05, 0.1) is 34.8 Å². The van der Waals surface area contributed by atoms with Crippen LogP contribution in [0.4, 0.5) is 4.39 Å². The third-order valence-electron chi connectivity index (χ3n) is 6.03. The summed E-state index contributed by atoms with van der Waals surface area (Å²) >= 11 is 0. The Morgan fingerprint density at radius 3 is 2.73 bits per heavy atom. The minimum absolute atomic E-state index is 0.402. The van der Waals surface area contributed by atoms with Gasteiger partial charge in [0, 0.05) is 48.6 Å². The van der Waals surface area contributed by atoms with Crippen molar-refractivity contribution in [3.8, 4) is 39.8 Å². The molecule has 5 aromatic heterocycles. The summed E-state index contributed by atoms with van der Waals surface area (Å²) in [5, 5.41) is 12.6. The number of aromatic nitrogens is 8. The molecule has 0 aliphatic rings. The molecule has 11 heteroatoms. The SMILES string of the molecule is CN(C)CCOc1cc(F)cc(-c2nccc3[nH]c(-c4n[nH]c5cnc(-c6cnn(C)c6)cc45)nc23)c1. The Morgan fingerprint density at radius 2 is 1.92 bits per heavy atom. The van der Waals surface area contributed by atoms with Crippen LogP contribution >= 0.6 is 0 Å². The molecule has 0 radical (unpaired) electrons. The average Bonchev–Trinajstić information content (AvgIpc) is 3.60. The van der Waals surface area contributed by atoms with Crippen molar-refractivity contribution < 1.29 is 9.13 Å². The predicted molar refractivity (Wildman–Crippen MR) is 138 cm³/mol. The Hall–Kier alpha value is -4.64. The van der Waals surface area contributed by atoms with Crippen molar-refractivity contribution in [3.05, 3.63) is 60.9 Å². The fraction of sp³-hybridized carbons (Fsp3) is 0.192. The molecule has 0 atom stereocenters. The summed E-state index contributed by atoms with van der Waals surface area (Å²) in [6.45, 7) is 1.17. The molecular weight excluding hydrogens is 473 g/mol. The van der Waals surface area contributed by atoms with Gasteiger partial charge in [-0.2, -0.15) is 10.2 Å². The van der Waals surface area contributed by atoms with E-state index in [-0.39, 0.29) is 0 Å². The van der Waals surface area contributed by atoms with Crippen molar-refractivity contribution in [1.29, 1.82) is 0 Å². The molecule has 186 valence electrons. The van der Waals surface area contributed by atoms with Crippen molar-refractivity contribution in [3.63, 3.8) is 0 Å². The minimum atomic E-state index is -0.402. The van der Waals surface area contributed by atoms with Gasteiger partial charge in [-0.05, 0) is 38.4 Å². The first-order valence-corrected chi connectivity index (χ1v) is 11.7. The van der Waals surface area contributed by atoms with Crippen LogP contribution in [-0.2, 0) is 7.05 Å². The van der Waals surface area contributed by atoms with E-state index in [1.54, 1.807) is 29.3 Å². The monoisotopic (exact) mass is 497 g/mol. The number of nitrogens with one attached hydrogen (secondary N) is 2. The fourth-order valence-electron chi connectivity index (χ4n) is 4.20. The number of aromatic amines is 2.